The van der Waals surface area contributed by atoms with Crippen molar-refractivity contribution >= 4 is 11.8 Å². The fraction of sp³-hybridized carbons (Fsp3) is 0.435. The minimum absolute atomic E-state index is 0.00644. The van der Waals surface area contributed by atoms with Crippen molar-refractivity contribution in [1.29, 1.82) is 0 Å². The molecular formula is C23H23F2N3O5. The molecular weight excluding hydrogens is 436 g/mol. The van der Waals surface area contributed by atoms with Gasteiger partial charge in [0.2, 0.25) is 5.43 Å². The SMILES string of the molecule is CC1C[C@@H]2[C@@H](C)[C@H]1O[C@H]1Cn3cc(C(=O)NCc4ccc(F)cc4F)c(=O)c(O)c3C(=O)N12. The number of carbonyl (C=O) groups excluding carboxylic acids is 2. The minimum atomic E-state index is -0.992. The number of hydrogen-bond acceptors (Lipinski definition) is 5. The minimum Gasteiger partial charge on any atom is -0.503 e. The normalized spacial score (nSPS) is 27.8. The summed E-state index contributed by atoms with van der Waals surface area (Å²) in [4.78, 5) is 40.3. The van der Waals surface area contributed by atoms with Crippen LogP contribution in [-0.2, 0) is 17.8 Å². The van der Waals surface area contributed by atoms with Gasteiger partial charge in [0, 0.05) is 36.3 Å². The molecule has 5 atom stereocenters. The second-order valence-corrected chi connectivity index (χ2v) is 9.05. The molecule has 2 aromatic rings. The van der Waals surface area contributed by atoms with E-state index < -0.39 is 40.9 Å². The zero-order valence-electron chi connectivity index (χ0n) is 18.0. The lowest BCUT2D eigenvalue weighted by molar-refractivity contribution is -0.161. The molecule has 8 nitrogen and oxygen atoms in total. The summed E-state index contributed by atoms with van der Waals surface area (Å²) in [6.07, 6.45) is 1.44. The molecule has 3 aliphatic rings. The summed E-state index contributed by atoms with van der Waals surface area (Å²) in [5, 5.41) is 13.0. The van der Waals surface area contributed by atoms with Gasteiger partial charge < -0.3 is 24.6 Å². The van der Waals surface area contributed by atoms with E-state index in [0.29, 0.717) is 6.07 Å². The highest BCUT2D eigenvalue weighted by molar-refractivity contribution is 5.99. The number of amides is 2. The highest BCUT2D eigenvalue weighted by Crippen LogP contribution is 2.45. The van der Waals surface area contributed by atoms with E-state index in [1.165, 1.54) is 16.8 Å². The number of pyridine rings is 1. The molecule has 174 valence electrons. The van der Waals surface area contributed by atoms with Crippen LogP contribution >= 0.6 is 0 Å². The van der Waals surface area contributed by atoms with Crippen molar-refractivity contribution in [1.82, 2.24) is 14.8 Å². The number of halogens is 2. The van der Waals surface area contributed by atoms with E-state index in [2.05, 4.69) is 12.2 Å². The summed E-state index contributed by atoms with van der Waals surface area (Å²) in [5.74, 6) is -3.34. The topological polar surface area (TPSA) is 101 Å². The average molecular weight is 459 g/mol. The second-order valence-electron chi connectivity index (χ2n) is 9.05. The Balaban J connectivity index is 1.44. The lowest BCUT2D eigenvalue weighted by Crippen LogP contribution is -2.60. The van der Waals surface area contributed by atoms with Crippen LogP contribution in [0.4, 0.5) is 8.78 Å². The lowest BCUT2D eigenvalue weighted by atomic mass is 9.97. The molecule has 1 saturated heterocycles. The molecule has 0 spiro atoms. The van der Waals surface area contributed by atoms with Crippen LogP contribution in [0.1, 0.15) is 46.7 Å². The maximum Gasteiger partial charge on any atom is 0.276 e. The number of fused-ring (bicyclic) bond motifs is 5. The maximum absolute atomic E-state index is 13.8. The van der Waals surface area contributed by atoms with Crippen molar-refractivity contribution in [2.45, 2.75) is 51.7 Å². The van der Waals surface area contributed by atoms with Crippen molar-refractivity contribution in [2.75, 3.05) is 0 Å². The Kier molecular flexibility index (Phi) is 5.00. The zero-order valence-corrected chi connectivity index (χ0v) is 18.0. The molecule has 1 aromatic heterocycles. The van der Waals surface area contributed by atoms with Crippen LogP contribution in [0.25, 0.3) is 0 Å². The summed E-state index contributed by atoms with van der Waals surface area (Å²) in [7, 11) is 0. The smallest absolute Gasteiger partial charge is 0.276 e. The molecule has 1 saturated carbocycles. The summed E-state index contributed by atoms with van der Waals surface area (Å²) in [6, 6.07) is 2.89. The van der Waals surface area contributed by atoms with Gasteiger partial charge in [0.25, 0.3) is 11.8 Å². The standard InChI is InChI=1S/C23H23F2N3O5/c1-10-5-16-11(2)21(10)33-17-9-27-8-14(19(29)20(30)18(27)23(32)28(16)17)22(31)26-7-12-3-4-13(24)6-15(12)25/h3-4,6,8,10-11,16-17,21,30H,5,7,9H2,1-2H3,(H,26,31)/t10?,11-,16-,17+,21+/m1/s1. The van der Waals surface area contributed by atoms with Crippen LogP contribution in [0.3, 0.4) is 0 Å². The Hall–Kier alpha value is -3.27. The molecule has 10 heteroatoms. The number of carbonyl (C=O) groups is 2. The fourth-order valence-corrected chi connectivity index (χ4v) is 5.37. The van der Waals surface area contributed by atoms with Crippen LogP contribution < -0.4 is 10.7 Å². The first-order chi connectivity index (χ1) is 15.7. The first-order valence-electron chi connectivity index (χ1n) is 10.8. The van der Waals surface area contributed by atoms with E-state index >= 15 is 0 Å². The monoisotopic (exact) mass is 459 g/mol. The molecule has 1 aliphatic carbocycles. The first-order valence-corrected chi connectivity index (χ1v) is 10.8. The van der Waals surface area contributed by atoms with Gasteiger partial charge in [-0.25, -0.2) is 8.78 Å². The predicted octanol–water partition coefficient (Wildman–Crippen LogP) is 1.99. The highest BCUT2D eigenvalue weighted by Gasteiger charge is 2.53. The number of aromatic nitrogens is 1. The molecule has 2 fully saturated rings. The van der Waals surface area contributed by atoms with E-state index in [0.717, 1.165) is 12.5 Å². The second kappa shape index (κ2) is 7.65. The molecule has 33 heavy (non-hydrogen) atoms. The van der Waals surface area contributed by atoms with Crippen LogP contribution in [0.5, 0.6) is 5.75 Å². The maximum atomic E-state index is 13.8. The molecule has 1 aromatic carbocycles. The van der Waals surface area contributed by atoms with Gasteiger partial charge in [-0.2, -0.15) is 0 Å². The number of hydrogen-bond donors (Lipinski definition) is 2. The summed E-state index contributed by atoms with van der Waals surface area (Å²) >= 11 is 0. The molecule has 0 radical (unpaired) electrons. The quantitative estimate of drug-likeness (QED) is 0.731. The molecule has 3 heterocycles. The molecule has 1 unspecified atom stereocenters. The molecule has 5 rings (SSSR count). The Bertz CT molecular complexity index is 1230. The van der Waals surface area contributed by atoms with Gasteiger partial charge in [-0.3, -0.25) is 14.4 Å². The van der Waals surface area contributed by atoms with Crippen molar-refractivity contribution in [2.24, 2.45) is 11.8 Å². The van der Waals surface area contributed by atoms with Crippen LogP contribution in [0.2, 0.25) is 0 Å². The predicted molar refractivity (Wildman–Crippen MR) is 111 cm³/mol. The van der Waals surface area contributed by atoms with E-state index in [1.807, 2.05) is 6.92 Å². The van der Waals surface area contributed by atoms with Gasteiger partial charge >= 0.3 is 0 Å². The fourth-order valence-electron chi connectivity index (χ4n) is 5.37. The van der Waals surface area contributed by atoms with Gasteiger partial charge in [0.1, 0.15) is 17.2 Å². The summed E-state index contributed by atoms with van der Waals surface area (Å²) in [5.41, 5.74) is -1.52. The van der Waals surface area contributed by atoms with Gasteiger partial charge in [0.15, 0.2) is 17.7 Å². The van der Waals surface area contributed by atoms with Crippen LogP contribution in [0, 0.1) is 23.5 Å². The van der Waals surface area contributed by atoms with E-state index in [9.17, 15) is 28.3 Å². The first kappa shape index (κ1) is 21.6. The third kappa shape index (κ3) is 3.31. The van der Waals surface area contributed by atoms with Gasteiger partial charge in [-0.05, 0) is 18.4 Å². The highest BCUT2D eigenvalue weighted by atomic mass is 19.1. The van der Waals surface area contributed by atoms with Crippen LogP contribution in [0.15, 0.2) is 29.2 Å². The third-order valence-electron chi connectivity index (χ3n) is 7.03. The Morgan fingerprint density at radius 3 is 2.76 bits per heavy atom. The number of nitrogens with zero attached hydrogens (tertiary/aromatic N) is 2. The van der Waals surface area contributed by atoms with E-state index in [1.54, 1.807) is 4.90 Å². The van der Waals surface area contributed by atoms with Gasteiger partial charge in [-0.1, -0.05) is 19.9 Å². The van der Waals surface area contributed by atoms with Crippen molar-refractivity contribution in [3.05, 3.63) is 63.1 Å². The Morgan fingerprint density at radius 1 is 1.27 bits per heavy atom. The van der Waals surface area contributed by atoms with Gasteiger partial charge in [-0.15, -0.1) is 0 Å². The van der Waals surface area contributed by atoms with E-state index in [-0.39, 0.29) is 53.9 Å². The third-order valence-corrected chi connectivity index (χ3v) is 7.03. The largest absolute Gasteiger partial charge is 0.503 e. The number of rotatable bonds is 3. The Morgan fingerprint density at radius 2 is 2.03 bits per heavy atom. The number of nitrogens with one attached hydrogen (secondary N) is 1. The average Bonchev–Trinajstić information content (AvgIpc) is 2.93. The summed E-state index contributed by atoms with van der Waals surface area (Å²) < 4.78 is 34.5. The Labute approximate surface area is 187 Å². The summed E-state index contributed by atoms with van der Waals surface area (Å²) in [6.45, 7) is 3.98. The molecule has 2 aliphatic heterocycles. The zero-order chi connectivity index (χ0) is 23.6. The van der Waals surface area contributed by atoms with Gasteiger partial charge in [0.05, 0.1) is 12.6 Å². The number of aromatic hydroxyl groups is 1. The van der Waals surface area contributed by atoms with E-state index in [4.69, 9.17) is 4.74 Å². The number of ether oxygens (including phenoxy) is 1. The number of benzene rings is 1. The van der Waals surface area contributed by atoms with Crippen molar-refractivity contribution < 1.29 is 28.2 Å². The molecule has 2 amide bonds. The molecule has 2 bridgehead atoms. The van der Waals surface area contributed by atoms with Crippen LogP contribution in [-0.4, -0.2) is 44.8 Å². The molecule has 2 N–H and O–H groups in total. The van der Waals surface area contributed by atoms with Crippen molar-refractivity contribution in [3.8, 4) is 5.75 Å². The lowest BCUT2D eigenvalue weighted by Gasteiger charge is -2.47. The van der Waals surface area contributed by atoms with Crippen molar-refractivity contribution in [3.63, 3.8) is 0 Å².